The number of nitrogens with one attached hydrogen (secondary N) is 1. The first kappa shape index (κ1) is 22.5. The summed E-state index contributed by atoms with van der Waals surface area (Å²) >= 11 is 0. The smallest absolute Gasteiger partial charge is 0.264 e. The fraction of sp³-hybridized carbons (Fsp3) is 0.381. The van der Waals surface area contributed by atoms with Crippen molar-refractivity contribution in [2.75, 3.05) is 25.1 Å². The lowest BCUT2D eigenvalue weighted by atomic mass is 10.1. The van der Waals surface area contributed by atoms with E-state index in [1.54, 1.807) is 24.3 Å². The van der Waals surface area contributed by atoms with Crippen molar-refractivity contribution >= 4 is 21.6 Å². The predicted octanol–water partition coefficient (Wildman–Crippen LogP) is 3.12. The molecule has 29 heavy (non-hydrogen) atoms. The monoisotopic (exact) mass is 420 g/mol. The van der Waals surface area contributed by atoms with Gasteiger partial charge < -0.3 is 14.8 Å². The van der Waals surface area contributed by atoms with Gasteiger partial charge in [-0.25, -0.2) is 8.42 Å². The van der Waals surface area contributed by atoms with E-state index in [4.69, 9.17) is 9.47 Å². The van der Waals surface area contributed by atoms with E-state index in [-0.39, 0.29) is 10.6 Å². The lowest BCUT2D eigenvalue weighted by Gasteiger charge is -2.28. The maximum Gasteiger partial charge on any atom is 0.264 e. The maximum absolute atomic E-state index is 13.5. The van der Waals surface area contributed by atoms with Gasteiger partial charge in [0.1, 0.15) is 18.0 Å². The minimum Gasteiger partial charge on any atom is -0.497 e. The van der Waals surface area contributed by atoms with Gasteiger partial charge in [0, 0.05) is 11.6 Å². The number of hydrogen-bond donors (Lipinski definition) is 1. The molecule has 0 fully saturated rings. The van der Waals surface area contributed by atoms with Crippen LogP contribution in [0.3, 0.4) is 0 Å². The zero-order chi connectivity index (χ0) is 21.8. The van der Waals surface area contributed by atoms with Crippen LogP contribution in [0.15, 0.2) is 47.4 Å². The topological polar surface area (TPSA) is 84.9 Å². The standard InChI is InChI=1S/C21H28N2O5S/c1-15-7-10-17(11-8-15)29(25,26)23(14-20(24)22-21(2,3)4)18-13-16(27-5)9-12-19(18)28-6/h7-13H,14H2,1-6H3,(H,22,24). The highest BCUT2D eigenvalue weighted by Gasteiger charge is 2.30. The molecule has 8 heteroatoms. The Morgan fingerprint density at radius 2 is 1.66 bits per heavy atom. The Labute approximate surface area is 172 Å². The molecule has 0 spiro atoms. The average molecular weight is 421 g/mol. The van der Waals surface area contributed by atoms with E-state index in [1.165, 1.54) is 32.4 Å². The maximum atomic E-state index is 13.5. The molecule has 0 bridgehead atoms. The summed E-state index contributed by atoms with van der Waals surface area (Å²) in [7, 11) is -1.12. The molecule has 0 heterocycles. The Morgan fingerprint density at radius 3 is 2.17 bits per heavy atom. The number of sulfonamides is 1. The van der Waals surface area contributed by atoms with Gasteiger partial charge in [0.2, 0.25) is 5.91 Å². The van der Waals surface area contributed by atoms with Crippen LogP contribution in [0.1, 0.15) is 26.3 Å². The van der Waals surface area contributed by atoms with Crippen molar-refractivity contribution in [1.29, 1.82) is 0 Å². The molecule has 0 atom stereocenters. The summed E-state index contributed by atoms with van der Waals surface area (Å²) in [6, 6.07) is 11.3. The van der Waals surface area contributed by atoms with E-state index >= 15 is 0 Å². The highest BCUT2D eigenvalue weighted by molar-refractivity contribution is 7.92. The third kappa shape index (κ3) is 5.63. The Morgan fingerprint density at radius 1 is 1.03 bits per heavy atom. The number of hydrogen-bond acceptors (Lipinski definition) is 5. The van der Waals surface area contributed by atoms with E-state index < -0.39 is 28.0 Å². The Kier molecular flexibility index (Phi) is 6.79. The van der Waals surface area contributed by atoms with E-state index in [9.17, 15) is 13.2 Å². The minimum atomic E-state index is -4.04. The first-order valence-corrected chi connectivity index (χ1v) is 10.5. The lowest BCUT2D eigenvalue weighted by molar-refractivity contribution is -0.121. The quantitative estimate of drug-likeness (QED) is 0.744. The Hall–Kier alpha value is -2.74. The van der Waals surface area contributed by atoms with Crippen molar-refractivity contribution in [1.82, 2.24) is 5.32 Å². The van der Waals surface area contributed by atoms with Crippen molar-refractivity contribution in [3.8, 4) is 11.5 Å². The average Bonchev–Trinajstić information content (AvgIpc) is 2.64. The molecule has 0 radical (unpaired) electrons. The molecule has 1 amide bonds. The zero-order valence-electron chi connectivity index (χ0n) is 17.6. The van der Waals surface area contributed by atoms with Crippen LogP contribution in [-0.2, 0) is 14.8 Å². The highest BCUT2D eigenvalue weighted by Crippen LogP contribution is 2.35. The molecule has 0 aliphatic rings. The number of ether oxygens (including phenoxy) is 2. The number of aryl methyl sites for hydroxylation is 1. The molecule has 1 N–H and O–H groups in total. The Bertz CT molecular complexity index is 964. The predicted molar refractivity (Wildman–Crippen MR) is 113 cm³/mol. The molecule has 2 rings (SSSR count). The van der Waals surface area contributed by atoms with Gasteiger partial charge in [-0.15, -0.1) is 0 Å². The van der Waals surface area contributed by atoms with Crippen molar-refractivity contribution in [3.63, 3.8) is 0 Å². The van der Waals surface area contributed by atoms with Gasteiger partial charge in [-0.1, -0.05) is 17.7 Å². The van der Waals surface area contributed by atoms with Crippen LogP contribution in [0.4, 0.5) is 5.69 Å². The molecule has 0 aliphatic heterocycles. The van der Waals surface area contributed by atoms with Crippen molar-refractivity contribution in [3.05, 3.63) is 48.0 Å². The fourth-order valence-corrected chi connectivity index (χ4v) is 4.14. The SMILES string of the molecule is COc1ccc(OC)c(N(CC(=O)NC(C)(C)C)S(=O)(=O)c2ccc(C)cc2)c1. The largest absolute Gasteiger partial charge is 0.497 e. The molecule has 158 valence electrons. The van der Waals surface area contributed by atoms with Crippen LogP contribution in [-0.4, -0.2) is 40.6 Å². The second-order valence-corrected chi connectivity index (χ2v) is 9.52. The van der Waals surface area contributed by atoms with Crippen molar-refractivity contribution in [2.45, 2.75) is 38.1 Å². The summed E-state index contributed by atoms with van der Waals surface area (Å²) in [5, 5.41) is 2.80. The summed E-state index contributed by atoms with van der Waals surface area (Å²) in [5.74, 6) is 0.323. The summed E-state index contributed by atoms with van der Waals surface area (Å²) < 4.78 is 38.6. The van der Waals surface area contributed by atoms with Gasteiger partial charge in [-0.2, -0.15) is 0 Å². The van der Waals surface area contributed by atoms with Crippen LogP contribution in [0.2, 0.25) is 0 Å². The van der Waals surface area contributed by atoms with E-state index in [1.807, 2.05) is 27.7 Å². The van der Waals surface area contributed by atoms with Crippen LogP contribution in [0, 0.1) is 6.92 Å². The van der Waals surface area contributed by atoms with Gasteiger partial charge in [-0.05, 0) is 52.0 Å². The second kappa shape index (κ2) is 8.73. The number of rotatable bonds is 7. The molecule has 7 nitrogen and oxygen atoms in total. The molecular formula is C21H28N2O5S. The first-order valence-electron chi connectivity index (χ1n) is 9.10. The molecule has 0 saturated carbocycles. The first-order chi connectivity index (χ1) is 13.5. The van der Waals surface area contributed by atoms with Crippen molar-refractivity contribution in [2.24, 2.45) is 0 Å². The van der Waals surface area contributed by atoms with Crippen molar-refractivity contribution < 1.29 is 22.7 Å². The molecule has 2 aromatic carbocycles. The van der Waals surface area contributed by atoms with Crippen LogP contribution in [0.25, 0.3) is 0 Å². The number of nitrogens with zero attached hydrogens (tertiary/aromatic N) is 1. The molecular weight excluding hydrogens is 392 g/mol. The van der Waals surface area contributed by atoms with E-state index in [0.29, 0.717) is 11.5 Å². The molecule has 0 aromatic heterocycles. The third-order valence-electron chi connectivity index (χ3n) is 4.07. The number of carbonyl (C=O) groups is 1. The van der Waals surface area contributed by atoms with Gasteiger partial charge >= 0.3 is 0 Å². The molecule has 0 saturated heterocycles. The normalized spacial score (nSPS) is 11.7. The van der Waals surface area contributed by atoms with Gasteiger partial charge in [0.15, 0.2) is 0 Å². The number of methoxy groups -OCH3 is 2. The van der Waals surface area contributed by atoms with E-state index in [2.05, 4.69) is 5.32 Å². The summed E-state index contributed by atoms with van der Waals surface area (Å²) in [6.07, 6.45) is 0. The number of carbonyl (C=O) groups excluding carboxylic acids is 1. The van der Waals surface area contributed by atoms with Gasteiger partial charge in [0.05, 0.1) is 24.8 Å². The lowest BCUT2D eigenvalue weighted by Crippen LogP contribution is -2.47. The number of amides is 1. The number of anilines is 1. The Balaban J connectivity index is 2.60. The summed E-state index contributed by atoms with van der Waals surface area (Å²) in [6.45, 7) is 6.95. The van der Waals surface area contributed by atoms with E-state index in [0.717, 1.165) is 9.87 Å². The highest BCUT2D eigenvalue weighted by atomic mass is 32.2. The van der Waals surface area contributed by atoms with Gasteiger partial charge in [0.25, 0.3) is 10.0 Å². The number of benzene rings is 2. The molecule has 0 aliphatic carbocycles. The minimum absolute atomic E-state index is 0.0801. The third-order valence-corrected chi connectivity index (χ3v) is 5.84. The van der Waals surface area contributed by atoms with Gasteiger partial charge in [-0.3, -0.25) is 9.10 Å². The van der Waals surface area contributed by atoms with Crippen LogP contribution in [0.5, 0.6) is 11.5 Å². The zero-order valence-corrected chi connectivity index (χ0v) is 18.5. The second-order valence-electron chi connectivity index (χ2n) is 7.66. The van der Waals surface area contributed by atoms with Crippen LogP contribution >= 0.6 is 0 Å². The molecule has 0 unspecified atom stereocenters. The molecule has 2 aromatic rings. The summed E-state index contributed by atoms with van der Waals surface area (Å²) in [4.78, 5) is 12.7. The fourth-order valence-electron chi connectivity index (χ4n) is 2.72. The summed E-state index contributed by atoms with van der Waals surface area (Å²) in [5.41, 5.74) is 0.644. The van der Waals surface area contributed by atoms with Crippen LogP contribution < -0.4 is 19.1 Å².